The summed E-state index contributed by atoms with van der Waals surface area (Å²) in [7, 11) is 0. The number of hydrogen-bond donors (Lipinski definition) is 1. The fourth-order valence-corrected chi connectivity index (χ4v) is 4.00. The third-order valence-corrected chi connectivity index (χ3v) is 6.02. The second kappa shape index (κ2) is 24.3. The van der Waals surface area contributed by atoms with E-state index in [2.05, 4.69) is 19.1 Å². The first-order chi connectivity index (χ1) is 15.6. The van der Waals surface area contributed by atoms with Crippen molar-refractivity contribution >= 4 is 11.9 Å². The number of carboxylic acids is 1. The van der Waals surface area contributed by atoms with Gasteiger partial charge in [-0.3, -0.25) is 9.59 Å². The van der Waals surface area contributed by atoms with Gasteiger partial charge < -0.3 is 9.84 Å². The molecule has 188 valence electrons. The predicted molar refractivity (Wildman–Crippen MR) is 135 cm³/mol. The van der Waals surface area contributed by atoms with Gasteiger partial charge in [0.25, 0.3) is 0 Å². The van der Waals surface area contributed by atoms with Crippen LogP contribution in [0.3, 0.4) is 0 Å². The predicted octanol–water partition coefficient (Wildman–Crippen LogP) is 8.63. The Labute approximate surface area is 198 Å². The molecule has 1 N–H and O–H groups in total. The molecule has 0 amide bonds. The van der Waals surface area contributed by atoms with Crippen molar-refractivity contribution in [3.8, 4) is 0 Å². The summed E-state index contributed by atoms with van der Waals surface area (Å²) < 4.78 is 5.14. The molecule has 4 nitrogen and oxygen atoms in total. The van der Waals surface area contributed by atoms with Crippen LogP contribution >= 0.6 is 0 Å². The lowest BCUT2D eigenvalue weighted by Gasteiger charge is -2.13. The Bertz CT molecular complexity index is 458. The third-order valence-electron chi connectivity index (χ3n) is 6.02. The van der Waals surface area contributed by atoms with Gasteiger partial charge in [0.15, 0.2) is 0 Å². The quantitative estimate of drug-likeness (QED) is 0.0904. The van der Waals surface area contributed by atoms with E-state index in [0.717, 1.165) is 19.3 Å². The Morgan fingerprint density at radius 2 is 1.16 bits per heavy atom. The van der Waals surface area contributed by atoms with Gasteiger partial charge in [-0.1, -0.05) is 109 Å². The van der Waals surface area contributed by atoms with Gasteiger partial charge in [0.05, 0.1) is 18.9 Å². The van der Waals surface area contributed by atoms with Crippen molar-refractivity contribution in [2.24, 2.45) is 5.92 Å². The van der Waals surface area contributed by atoms with Gasteiger partial charge in [-0.2, -0.15) is 0 Å². The molecule has 0 aliphatic heterocycles. The molecule has 0 bridgehead atoms. The zero-order valence-corrected chi connectivity index (χ0v) is 21.3. The zero-order chi connectivity index (χ0) is 23.7. The molecule has 4 heteroatoms. The molecule has 1 atom stereocenters. The number of esters is 1. The van der Waals surface area contributed by atoms with Crippen LogP contribution in [0, 0.1) is 5.92 Å². The van der Waals surface area contributed by atoms with Gasteiger partial charge in [-0.25, -0.2) is 0 Å². The molecule has 0 aliphatic rings. The number of ether oxygens (including phenoxy) is 1. The van der Waals surface area contributed by atoms with E-state index in [4.69, 9.17) is 9.84 Å². The van der Waals surface area contributed by atoms with E-state index in [9.17, 15) is 9.59 Å². The maximum absolute atomic E-state index is 12.0. The number of carboxylic acid groups (broad SMARTS) is 1. The minimum absolute atomic E-state index is 0.114. The van der Waals surface area contributed by atoms with Crippen LogP contribution in [0.2, 0.25) is 0 Å². The van der Waals surface area contributed by atoms with Crippen LogP contribution < -0.4 is 0 Å². The lowest BCUT2D eigenvalue weighted by atomic mass is 9.97. The molecular formula is C28H52O4. The van der Waals surface area contributed by atoms with Crippen LogP contribution in [0.1, 0.15) is 142 Å². The largest absolute Gasteiger partial charge is 0.481 e. The van der Waals surface area contributed by atoms with Gasteiger partial charge in [-0.15, -0.1) is 0 Å². The van der Waals surface area contributed by atoms with Crippen molar-refractivity contribution in [2.75, 3.05) is 6.61 Å². The van der Waals surface area contributed by atoms with Crippen molar-refractivity contribution in [3.05, 3.63) is 12.2 Å². The molecule has 0 heterocycles. The van der Waals surface area contributed by atoms with Crippen molar-refractivity contribution in [2.45, 2.75) is 142 Å². The molecule has 0 fully saturated rings. The van der Waals surface area contributed by atoms with E-state index in [1.807, 2.05) is 6.92 Å². The highest BCUT2D eigenvalue weighted by molar-refractivity contribution is 5.79. The minimum Gasteiger partial charge on any atom is -0.481 e. The second-order valence-corrected chi connectivity index (χ2v) is 9.25. The summed E-state index contributed by atoms with van der Waals surface area (Å²) >= 11 is 0. The number of hydrogen-bond acceptors (Lipinski definition) is 3. The van der Waals surface area contributed by atoms with Crippen LogP contribution in [-0.2, 0) is 14.3 Å². The Balaban J connectivity index is 3.47. The van der Waals surface area contributed by atoms with Gasteiger partial charge in [0, 0.05) is 0 Å². The normalized spacial score (nSPS) is 12.3. The molecule has 0 radical (unpaired) electrons. The van der Waals surface area contributed by atoms with Crippen LogP contribution in [0.25, 0.3) is 0 Å². The van der Waals surface area contributed by atoms with Gasteiger partial charge >= 0.3 is 11.9 Å². The Kier molecular flexibility index (Phi) is 23.3. The maximum atomic E-state index is 12.0. The number of carbonyl (C=O) groups excluding carboxylic acids is 1. The van der Waals surface area contributed by atoms with Crippen molar-refractivity contribution < 1.29 is 19.4 Å². The molecule has 0 aromatic carbocycles. The van der Waals surface area contributed by atoms with E-state index in [1.54, 1.807) is 0 Å². The van der Waals surface area contributed by atoms with Crippen molar-refractivity contribution in [1.29, 1.82) is 0 Å². The van der Waals surface area contributed by atoms with Crippen molar-refractivity contribution in [3.63, 3.8) is 0 Å². The van der Waals surface area contributed by atoms with Crippen LogP contribution in [0.4, 0.5) is 0 Å². The van der Waals surface area contributed by atoms with E-state index in [1.165, 1.54) is 96.3 Å². The van der Waals surface area contributed by atoms with Gasteiger partial charge in [-0.05, 0) is 38.5 Å². The fourth-order valence-electron chi connectivity index (χ4n) is 4.00. The third kappa shape index (κ3) is 21.9. The minimum atomic E-state index is -0.919. The first kappa shape index (κ1) is 30.7. The number of rotatable bonds is 24. The number of unbranched alkanes of at least 4 members (excludes halogenated alkanes) is 15. The Morgan fingerprint density at radius 1 is 0.688 bits per heavy atom. The lowest BCUT2D eigenvalue weighted by Crippen LogP contribution is -2.21. The summed E-state index contributed by atoms with van der Waals surface area (Å²) in [6, 6.07) is 0. The number of aliphatic carboxylic acids is 1. The SMILES string of the molecule is CCCCCCC/C=C/CCCCCCCCCCCCC(CC(=O)O)C(=O)OCCC. The summed E-state index contributed by atoms with van der Waals surface area (Å²) in [6.45, 7) is 4.58. The summed E-state index contributed by atoms with van der Waals surface area (Å²) in [6.07, 6.45) is 27.7. The number of allylic oxidation sites excluding steroid dienone is 2. The average molecular weight is 453 g/mol. The summed E-state index contributed by atoms with van der Waals surface area (Å²) in [5, 5.41) is 9.01. The monoisotopic (exact) mass is 452 g/mol. The van der Waals surface area contributed by atoms with E-state index >= 15 is 0 Å². The Hall–Kier alpha value is -1.32. The molecule has 0 aromatic rings. The zero-order valence-electron chi connectivity index (χ0n) is 21.3. The first-order valence-corrected chi connectivity index (χ1v) is 13.6. The summed E-state index contributed by atoms with van der Waals surface area (Å²) in [4.78, 5) is 22.9. The molecule has 0 saturated heterocycles. The van der Waals surface area contributed by atoms with E-state index in [0.29, 0.717) is 13.0 Å². The maximum Gasteiger partial charge on any atom is 0.309 e. The smallest absolute Gasteiger partial charge is 0.309 e. The molecule has 32 heavy (non-hydrogen) atoms. The van der Waals surface area contributed by atoms with E-state index < -0.39 is 11.9 Å². The molecule has 0 aliphatic carbocycles. The lowest BCUT2D eigenvalue weighted by molar-refractivity contribution is -0.153. The standard InChI is InChI=1S/C28H52O4/c1-3-5-6-7-8-9-10-11-12-13-14-15-16-17-18-19-20-21-22-23-26(25-27(29)30)28(31)32-24-4-2/h10-11,26H,3-9,12-25H2,1-2H3,(H,29,30)/b11-10+. The average Bonchev–Trinajstić information content (AvgIpc) is 2.77. The molecule has 1 unspecified atom stereocenters. The summed E-state index contributed by atoms with van der Waals surface area (Å²) in [5.74, 6) is -1.75. The molecular weight excluding hydrogens is 400 g/mol. The second-order valence-electron chi connectivity index (χ2n) is 9.25. The number of carbonyl (C=O) groups is 2. The first-order valence-electron chi connectivity index (χ1n) is 13.6. The molecule has 0 spiro atoms. The molecule has 0 aromatic heterocycles. The molecule has 0 saturated carbocycles. The highest BCUT2D eigenvalue weighted by Crippen LogP contribution is 2.18. The van der Waals surface area contributed by atoms with Crippen LogP contribution in [0.15, 0.2) is 12.2 Å². The van der Waals surface area contributed by atoms with E-state index in [-0.39, 0.29) is 12.4 Å². The topological polar surface area (TPSA) is 63.6 Å². The molecule has 0 rings (SSSR count). The highest BCUT2D eigenvalue weighted by Gasteiger charge is 2.22. The highest BCUT2D eigenvalue weighted by atomic mass is 16.5. The summed E-state index contributed by atoms with van der Waals surface area (Å²) in [5.41, 5.74) is 0. The van der Waals surface area contributed by atoms with Crippen LogP contribution in [-0.4, -0.2) is 23.7 Å². The van der Waals surface area contributed by atoms with Gasteiger partial charge in [0.2, 0.25) is 0 Å². The van der Waals surface area contributed by atoms with Crippen LogP contribution in [0.5, 0.6) is 0 Å². The van der Waals surface area contributed by atoms with Crippen molar-refractivity contribution in [1.82, 2.24) is 0 Å². The Morgan fingerprint density at radius 3 is 1.62 bits per heavy atom. The van der Waals surface area contributed by atoms with Gasteiger partial charge in [0.1, 0.15) is 0 Å². The fraction of sp³-hybridized carbons (Fsp3) is 0.857.